The van der Waals surface area contributed by atoms with E-state index in [9.17, 15) is 14.4 Å². The van der Waals surface area contributed by atoms with Crippen molar-refractivity contribution < 1.29 is 22.7 Å². The zero-order chi connectivity index (χ0) is 22.6. The van der Waals surface area contributed by atoms with Crippen molar-refractivity contribution in [3.05, 3.63) is 53.3 Å². The van der Waals surface area contributed by atoms with E-state index in [1.807, 2.05) is 0 Å². The van der Waals surface area contributed by atoms with Crippen LogP contribution in [0.2, 0.25) is 0 Å². The van der Waals surface area contributed by atoms with Gasteiger partial charge in [-0.25, -0.2) is 18.0 Å². The number of fused-ring (bicyclic) bond motifs is 1. The second-order valence-electron chi connectivity index (χ2n) is 8.51. The van der Waals surface area contributed by atoms with Crippen LogP contribution in [0.4, 0.5) is 23.7 Å². The van der Waals surface area contributed by atoms with E-state index in [-0.39, 0.29) is 41.2 Å². The van der Waals surface area contributed by atoms with E-state index >= 15 is 8.78 Å². The first-order valence-electron chi connectivity index (χ1n) is 10.4. The van der Waals surface area contributed by atoms with Crippen molar-refractivity contribution in [2.45, 2.75) is 11.5 Å². The Morgan fingerprint density at radius 1 is 1.19 bits per heavy atom. The number of ether oxygens (including phenoxy) is 1. The maximum atomic E-state index is 15.0. The van der Waals surface area contributed by atoms with Gasteiger partial charge in [0.25, 0.3) is 0 Å². The SMILES string of the molecule is CNCC1CN(c2ccc(-c3cc(F)c(C4(C#N)[C@@H]5CNC[C@@H]54)c(F)c3)c(F)c2)C(=O)O1. The van der Waals surface area contributed by atoms with Crippen molar-refractivity contribution in [1.82, 2.24) is 10.6 Å². The summed E-state index contributed by atoms with van der Waals surface area (Å²) in [6, 6.07) is 8.32. The molecule has 6 nitrogen and oxygen atoms in total. The number of carbonyl (C=O) groups excluding carboxylic acids is 1. The fourth-order valence-electron chi connectivity index (χ4n) is 5.23. The molecule has 0 spiro atoms. The third-order valence-corrected chi connectivity index (χ3v) is 6.80. The predicted molar refractivity (Wildman–Crippen MR) is 110 cm³/mol. The average Bonchev–Trinajstić information content (AvgIpc) is 3.08. The van der Waals surface area contributed by atoms with Crippen molar-refractivity contribution in [3.8, 4) is 17.2 Å². The Labute approximate surface area is 183 Å². The lowest BCUT2D eigenvalue weighted by molar-refractivity contribution is 0.141. The van der Waals surface area contributed by atoms with Crippen LogP contribution in [0.1, 0.15) is 5.56 Å². The van der Waals surface area contributed by atoms with Crippen LogP contribution < -0.4 is 15.5 Å². The smallest absolute Gasteiger partial charge is 0.414 e. The van der Waals surface area contributed by atoms with Gasteiger partial charge in [-0.15, -0.1) is 0 Å². The topological polar surface area (TPSA) is 77.4 Å². The number of nitrogens with one attached hydrogen (secondary N) is 2. The molecule has 0 bridgehead atoms. The van der Waals surface area contributed by atoms with E-state index in [0.29, 0.717) is 25.3 Å². The lowest BCUT2D eigenvalue weighted by Crippen LogP contribution is -2.29. The Morgan fingerprint density at radius 3 is 2.47 bits per heavy atom. The molecule has 5 rings (SSSR count). The van der Waals surface area contributed by atoms with Crippen LogP contribution in [0, 0.1) is 40.6 Å². The van der Waals surface area contributed by atoms with E-state index in [2.05, 4.69) is 16.7 Å². The van der Waals surface area contributed by atoms with Gasteiger partial charge < -0.3 is 15.4 Å². The van der Waals surface area contributed by atoms with Crippen molar-refractivity contribution in [1.29, 1.82) is 5.26 Å². The zero-order valence-corrected chi connectivity index (χ0v) is 17.3. The molecule has 2 saturated heterocycles. The Balaban J connectivity index is 1.45. The van der Waals surface area contributed by atoms with Gasteiger partial charge in [0.2, 0.25) is 0 Å². The molecule has 1 aliphatic carbocycles. The van der Waals surface area contributed by atoms with Gasteiger partial charge >= 0.3 is 6.09 Å². The van der Waals surface area contributed by atoms with Crippen molar-refractivity contribution in [2.24, 2.45) is 11.8 Å². The monoisotopic (exact) mass is 442 g/mol. The number of halogens is 3. The number of hydrogen-bond donors (Lipinski definition) is 2. The standard InChI is InChI=1S/C23H21F3N4O2/c1-28-7-14-10-30(22(31)32-14)13-2-3-15(18(24)6-13)12-4-19(25)21(20(26)5-12)23(11-27)16-8-29-9-17(16)23/h2-6,14,16-17,28-29H,7-10H2,1H3/t14?,16-,17+,23?. The molecule has 1 amide bonds. The fraction of sp³-hybridized carbons (Fsp3) is 0.391. The number of piperidine rings is 1. The summed E-state index contributed by atoms with van der Waals surface area (Å²) in [6.45, 7) is 1.83. The van der Waals surface area contributed by atoms with Gasteiger partial charge in [0.1, 0.15) is 23.6 Å². The molecule has 2 aromatic rings. The van der Waals surface area contributed by atoms with E-state index in [4.69, 9.17) is 4.74 Å². The van der Waals surface area contributed by atoms with E-state index in [1.165, 1.54) is 17.0 Å². The lowest BCUT2D eigenvalue weighted by atomic mass is 9.89. The second kappa shape index (κ2) is 7.50. The molecule has 3 aliphatic rings. The third kappa shape index (κ3) is 2.98. The van der Waals surface area contributed by atoms with Gasteiger partial charge in [-0.3, -0.25) is 4.90 Å². The highest BCUT2D eigenvalue weighted by Gasteiger charge is 2.69. The molecule has 32 heavy (non-hydrogen) atoms. The minimum atomic E-state index is -1.17. The number of carbonyl (C=O) groups is 1. The molecule has 2 heterocycles. The molecule has 2 aromatic carbocycles. The van der Waals surface area contributed by atoms with Crippen molar-refractivity contribution >= 4 is 11.8 Å². The first kappa shape index (κ1) is 20.8. The Kier molecular flexibility index (Phi) is 4.87. The molecule has 0 aromatic heterocycles. The number of nitrogens with zero attached hydrogens (tertiary/aromatic N) is 2. The molecule has 2 unspecified atom stereocenters. The molecule has 2 N–H and O–H groups in total. The summed E-state index contributed by atoms with van der Waals surface area (Å²) in [5, 5.41) is 15.7. The second-order valence-corrected chi connectivity index (χ2v) is 8.51. The van der Waals surface area contributed by atoms with Gasteiger partial charge in [0.15, 0.2) is 0 Å². The first-order valence-corrected chi connectivity index (χ1v) is 10.4. The highest BCUT2D eigenvalue weighted by molar-refractivity contribution is 5.90. The molecule has 4 atom stereocenters. The number of amides is 1. The number of anilines is 1. The molecule has 166 valence electrons. The van der Waals surface area contributed by atoms with E-state index in [0.717, 1.165) is 18.2 Å². The molecule has 0 radical (unpaired) electrons. The third-order valence-electron chi connectivity index (χ3n) is 6.80. The summed E-state index contributed by atoms with van der Waals surface area (Å²) < 4.78 is 50.2. The van der Waals surface area contributed by atoms with Crippen LogP contribution in [0.3, 0.4) is 0 Å². The fourth-order valence-corrected chi connectivity index (χ4v) is 5.23. The number of rotatable bonds is 5. The minimum absolute atomic E-state index is 0.00102. The minimum Gasteiger partial charge on any atom is -0.443 e. The Morgan fingerprint density at radius 2 is 1.88 bits per heavy atom. The zero-order valence-electron chi connectivity index (χ0n) is 17.3. The summed E-state index contributed by atoms with van der Waals surface area (Å²) in [6.07, 6.45) is -0.930. The number of likely N-dealkylation sites (N-methyl/N-ethyl adjacent to an activating group) is 1. The summed E-state index contributed by atoms with van der Waals surface area (Å²) in [7, 11) is 1.74. The summed E-state index contributed by atoms with van der Waals surface area (Å²) in [5.74, 6) is -2.66. The maximum Gasteiger partial charge on any atom is 0.414 e. The van der Waals surface area contributed by atoms with Crippen LogP contribution in [0.5, 0.6) is 0 Å². The normalized spacial score (nSPS) is 28.4. The van der Waals surface area contributed by atoms with Gasteiger partial charge in [0.05, 0.1) is 23.7 Å². The predicted octanol–water partition coefficient (Wildman–Crippen LogP) is 2.93. The molecular formula is C23H21F3N4O2. The summed E-state index contributed by atoms with van der Waals surface area (Å²) in [5.41, 5.74) is -1.06. The van der Waals surface area contributed by atoms with Gasteiger partial charge in [0, 0.05) is 42.6 Å². The largest absolute Gasteiger partial charge is 0.443 e. The molecular weight excluding hydrogens is 421 g/mol. The van der Waals surface area contributed by atoms with Crippen LogP contribution in [0.25, 0.3) is 11.1 Å². The number of benzene rings is 2. The van der Waals surface area contributed by atoms with Crippen LogP contribution >= 0.6 is 0 Å². The van der Waals surface area contributed by atoms with Crippen LogP contribution in [-0.2, 0) is 10.2 Å². The van der Waals surface area contributed by atoms with E-state index in [1.54, 1.807) is 7.05 Å². The van der Waals surface area contributed by atoms with Crippen LogP contribution in [-0.4, -0.2) is 45.4 Å². The van der Waals surface area contributed by atoms with Gasteiger partial charge in [-0.05, 0) is 42.9 Å². The van der Waals surface area contributed by atoms with Gasteiger partial charge in [-0.1, -0.05) is 0 Å². The van der Waals surface area contributed by atoms with E-state index < -0.39 is 29.0 Å². The Bertz CT molecular complexity index is 1120. The molecule has 3 fully saturated rings. The Hall–Kier alpha value is -3.09. The summed E-state index contributed by atoms with van der Waals surface area (Å²) >= 11 is 0. The average molecular weight is 442 g/mol. The number of nitriles is 1. The van der Waals surface area contributed by atoms with Gasteiger partial charge in [-0.2, -0.15) is 5.26 Å². The molecule has 1 saturated carbocycles. The molecule has 2 aliphatic heterocycles. The van der Waals surface area contributed by atoms with Crippen molar-refractivity contribution in [2.75, 3.05) is 38.1 Å². The van der Waals surface area contributed by atoms with Crippen LogP contribution in [0.15, 0.2) is 30.3 Å². The highest BCUT2D eigenvalue weighted by atomic mass is 19.1. The quantitative estimate of drug-likeness (QED) is 0.745. The maximum absolute atomic E-state index is 15.0. The summed E-state index contributed by atoms with van der Waals surface area (Å²) in [4.78, 5) is 13.4. The highest BCUT2D eigenvalue weighted by Crippen LogP contribution is 2.62. The van der Waals surface area contributed by atoms with Crippen molar-refractivity contribution in [3.63, 3.8) is 0 Å². The number of hydrogen-bond acceptors (Lipinski definition) is 5. The first-order chi connectivity index (χ1) is 15.4. The number of cyclic esters (lactones) is 1. The molecule has 9 heteroatoms. The lowest BCUT2D eigenvalue weighted by Gasteiger charge is -2.17.